The first-order valence-electron chi connectivity index (χ1n) is 5.59. The zero-order valence-electron chi connectivity index (χ0n) is 10.1. The monoisotopic (exact) mass is 277 g/mol. The van der Waals surface area contributed by atoms with Crippen LogP contribution in [0.2, 0.25) is 0 Å². The van der Waals surface area contributed by atoms with Crippen molar-refractivity contribution >= 4 is 34.8 Å². The molecule has 3 nitrogen and oxygen atoms in total. The summed E-state index contributed by atoms with van der Waals surface area (Å²) in [6.07, 6.45) is 3.96. The minimum absolute atomic E-state index is 0.626. The Hall–Kier alpha value is -1.46. The maximum absolute atomic E-state index is 5.23. The van der Waals surface area contributed by atoms with Gasteiger partial charge in [-0.25, -0.2) is 0 Å². The molecule has 0 aliphatic carbocycles. The third kappa shape index (κ3) is 3.78. The van der Waals surface area contributed by atoms with Crippen LogP contribution in [0.3, 0.4) is 0 Å². The predicted octanol–water partition coefficient (Wildman–Crippen LogP) is 3.22. The van der Waals surface area contributed by atoms with Gasteiger partial charge in [-0.3, -0.25) is 0 Å². The molecule has 3 N–H and O–H groups in total. The number of thiocarbonyl (C=S) groups is 1. The van der Waals surface area contributed by atoms with Crippen molar-refractivity contribution < 1.29 is 0 Å². The Morgan fingerprint density at radius 1 is 1.28 bits per heavy atom. The summed E-state index contributed by atoms with van der Waals surface area (Å²) < 4.78 is 0. The van der Waals surface area contributed by atoms with Crippen molar-refractivity contribution in [2.75, 3.05) is 11.6 Å². The van der Waals surface area contributed by atoms with Crippen LogP contribution in [0.4, 0.5) is 5.69 Å². The lowest BCUT2D eigenvalue weighted by Gasteiger charge is -2.10. The van der Waals surface area contributed by atoms with Gasteiger partial charge in [-0.15, -0.1) is 11.8 Å². The largest absolute Gasteiger partial charge is 0.364 e. The van der Waals surface area contributed by atoms with Crippen LogP contribution < -0.4 is 10.6 Å². The van der Waals surface area contributed by atoms with Crippen molar-refractivity contribution in [3.63, 3.8) is 0 Å². The Morgan fingerprint density at radius 3 is 2.67 bits per heavy atom. The second-order valence-electron chi connectivity index (χ2n) is 3.73. The summed E-state index contributed by atoms with van der Waals surface area (Å²) in [6.45, 7) is 0.696. The van der Waals surface area contributed by atoms with Crippen LogP contribution in [0.15, 0.2) is 47.5 Å². The maximum Gasteiger partial charge on any atom is 0.171 e. The molecule has 2 aromatic rings. The van der Waals surface area contributed by atoms with E-state index in [0.29, 0.717) is 11.7 Å². The van der Waals surface area contributed by atoms with Gasteiger partial charge in [0, 0.05) is 22.5 Å². The third-order valence-corrected chi connectivity index (χ3v) is 3.44. The second kappa shape index (κ2) is 6.47. The molecule has 1 aromatic heterocycles. The molecule has 1 aromatic carbocycles. The van der Waals surface area contributed by atoms with Gasteiger partial charge in [0.1, 0.15) is 0 Å². The first-order chi connectivity index (χ1) is 8.78. The summed E-state index contributed by atoms with van der Waals surface area (Å²) >= 11 is 6.95. The van der Waals surface area contributed by atoms with E-state index < -0.39 is 0 Å². The zero-order valence-corrected chi connectivity index (χ0v) is 11.7. The molecule has 0 aliphatic heterocycles. The molecule has 94 valence electrons. The van der Waals surface area contributed by atoms with E-state index in [4.69, 9.17) is 12.2 Å². The standard InChI is InChI=1S/C13H15N3S2/c1-18-12-6-4-10(5-7-12)16-13(17)15-9-11-3-2-8-14-11/h2-8,14H,9H2,1H3,(H2,15,16,17). The van der Waals surface area contributed by atoms with Crippen molar-refractivity contribution in [1.82, 2.24) is 10.3 Å². The number of nitrogens with one attached hydrogen (secondary N) is 3. The molecular weight excluding hydrogens is 262 g/mol. The van der Waals surface area contributed by atoms with Crippen LogP contribution >= 0.6 is 24.0 Å². The first kappa shape index (κ1) is 13.0. The SMILES string of the molecule is CSc1ccc(NC(=S)NCc2ccc[nH]2)cc1. The highest BCUT2D eigenvalue weighted by Gasteiger charge is 1.98. The number of thioether (sulfide) groups is 1. The van der Waals surface area contributed by atoms with E-state index >= 15 is 0 Å². The molecular formula is C13H15N3S2. The molecule has 0 atom stereocenters. The van der Waals surface area contributed by atoms with E-state index in [-0.39, 0.29) is 0 Å². The van der Waals surface area contributed by atoms with Gasteiger partial charge < -0.3 is 15.6 Å². The van der Waals surface area contributed by atoms with Crippen LogP contribution in [0.1, 0.15) is 5.69 Å². The van der Waals surface area contributed by atoms with Crippen molar-refractivity contribution in [2.24, 2.45) is 0 Å². The van der Waals surface area contributed by atoms with Gasteiger partial charge in [-0.1, -0.05) is 0 Å². The first-order valence-corrected chi connectivity index (χ1v) is 7.22. The Balaban J connectivity index is 1.83. The molecule has 0 amide bonds. The molecule has 0 bridgehead atoms. The number of hydrogen-bond donors (Lipinski definition) is 3. The number of anilines is 1. The molecule has 0 fully saturated rings. The lowest BCUT2D eigenvalue weighted by molar-refractivity contribution is 0.893. The summed E-state index contributed by atoms with van der Waals surface area (Å²) in [5.74, 6) is 0. The van der Waals surface area contributed by atoms with Crippen LogP contribution in [0.25, 0.3) is 0 Å². The number of aromatic amines is 1. The Bertz CT molecular complexity index is 491. The predicted molar refractivity (Wildman–Crippen MR) is 82.1 cm³/mol. The van der Waals surface area contributed by atoms with Crippen molar-refractivity contribution in [3.8, 4) is 0 Å². The van der Waals surface area contributed by atoms with Gasteiger partial charge in [-0.2, -0.15) is 0 Å². The molecule has 0 spiro atoms. The lowest BCUT2D eigenvalue weighted by atomic mass is 10.3. The van der Waals surface area contributed by atoms with Crippen LogP contribution in [-0.2, 0) is 6.54 Å². The molecule has 0 radical (unpaired) electrons. The smallest absolute Gasteiger partial charge is 0.171 e. The third-order valence-electron chi connectivity index (χ3n) is 2.45. The maximum atomic E-state index is 5.23. The summed E-state index contributed by atoms with van der Waals surface area (Å²) in [6, 6.07) is 12.2. The topological polar surface area (TPSA) is 39.8 Å². The minimum Gasteiger partial charge on any atom is -0.364 e. The van der Waals surface area contributed by atoms with Gasteiger partial charge in [0.05, 0.1) is 6.54 Å². The highest BCUT2D eigenvalue weighted by atomic mass is 32.2. The van der Waals surface area contributed by atoms with E-state index in [9.17, 15) is 0 Å². The Morgan fingerprint density at radius 2 is 2.06 bits per heavy atom. The molecule has 2 rings (SSSR count). The van der Waals surface area contributed by atoms with E-state index in [0.717, 1.165) is 11.4 Å². The fourth-order valence-electron chi connectivity index (χ4n) is 1.50. The highest BCUT2D eigenvalue weighted by molar-refractivity contribution is 7.98. The van der Waals surface area contributed by atoms with Gasteiger partial charge >= 0.3 is 0 Å². The Kier molecular flexibility index (Phi) is 4.66. The normalized spacial score (nSPS) is 10.1. The highest BCUT2D eigenvalue weighted by Crippen LogP contribution is 2.17. The molecule has 0 aliphatic rings. The number of benzene rings is 1. The van der Waals surface area contributed by atoms with Gasteiger partial charge in [-0.05, 0) is 54.9 Å². The van der Waals surface area contributed by atoms with Crippen molar-refractivity contribution in [3.05, 3.63) is 48.3 Å². The van der Waals surface area contributed by atoms with Crippen molar-refractivity contribution in [2.45, 2.75) is 11.4 Å². The lowest BCUT2D eigenvalue weighted by Crippen LogP contribution is -2.27. The average Bonchev–Trinajstić information content (AvgIpc) is 2.90. The van der Waals surface area contributed by atoms with Gasteiger partial charge in [0.15, 0.2) is 5.11 Å². The summed E-state index contributed by atoms with van der Waals surface area (Å²) in [7, 11) is 0. The Labute approximate surface area is 116 Å². The molecule has 18 heavy (non-hydrogen) atoms. The minimum atomic E-state index is 0.626. The second-order valence-corrected chi connectivity index (χ2v) is 5.02. The molecule has 0 saturated heterocycles. The van der Waals surface area contributed by atoms with Crippen LogP contribution in [0.5, 0.6) is 0 Å². The molecule has 0 unspecified atom stereocenters. The fraction of sp³-hybridized carbons (Fsp3) is 0.154. The fourth-order valence-corrected chi connectivity index (χ4v) is 2.10. The van der Waals surface area contributed by atoms with Crippen molar-refractivity contribution in [1.29, 1.82) is 0 Å². The summed E-state index contributed by atoms with van der Waals surface area (Å²) in [5, 5.41) is 6.93. The average molecular weight is 277 g/mol. The quantitative estimate of drug-likeness (QED) is 0.593. The summed E-state index contributed by atoms with van der Waals surface area (Å²) in [4.78, 5) is 4.36. The summed E-state index contributed by atoms with van der Waals surface area (Å²) in [5.41, 5.74) is 2.11. The number of hydrogen-bond acceptors (Lipinski definition) is 2. The molecule has 0 saturated carbocycles. The van der Waals surface area contributed by atoms with E-state index in [1.807, 2.05) is 30.5 Å². The van der Waals surface area contributed by atoms with Gasteiger partial charge in [0.2, 0.25) is 0 Å². The number of aromatic nitrogens is 1. The van der Waals surface area contributed by atoms with Crippen LogP contribution in [-0.4, -0.2) is 16.4 Å². The number of H-pyrrole nitrogens is 1. The van der Waals surface area contributed by atoms with Crippen LogP contribution in [0, 0.1) is 0 Å². The van der Waals surface area contributed by atoms with E-state index in [1.165, 1.54) is 4.90 Å². The zero-order chi connectivity index (χ0) is 12.8. The molecule has 1 heterocycles. The van der Waals surface area contributed by atoms with Gasteiger partial charge in [0.25, 0.3) is 0 Å². The van der Waals surface area contributed by atoms with E-state index in [1.54, 1.807) is 11.8 Å². The van der Waals surface area contributed by atoms with E-state index in [2.05, 4.69) is 34.0 Å². The molecule has 5 heteroatoms. The number of rotatable bonds is 4.